The Labute approximate surface area is 198 Å². The van der Waals surface area contributed by atoms with Crippen molar-refractivity contribution in [3.8, 4) is 11.5 Å². The molecule has 1 unspecified atom stereocenters. The van der Waals surface area contributed by atoms with E-state index in [1.807, 2.05) is 30.7 Å². The largest absolute Gasteiger partial charge is 0.496 e. The molecule has 0 aliphatic heterocycles. The Morgan fingerprint density at radius 2 is 2.03 bits per heavy atom. The molecule has 0 aliphatic carbocycles. The maximum Gasteiger partial charge on any atom is 0.391 e. The van der Waals surface area contributed by atoms with Gasteiger partial charge in [0.05, 0.1) is 32.0 Å². The van der Waals surface area contributed by atoms with E-state index in [4.69, 9.17) is 15.2 Å². The second-order valence-corrected chi connectivity index (χ2v) is 8.74. The highest BCUT2D eigenvalue weighted by Gasteiger charge is 2.22. The number of rotatable bonds is 14. The Morgan fingerprint density at radius 1 is 1.27 bits per heavy atom. The Hall–Kier alpha value is -2.58. The van der Waals surface area contributed by atoms with Crippen LogP contribution in [0.25, 0.3) is 0 Å². The summed E-state index contributed by atoms with van der Waals surface area (Å²) in [5.74, 6) is 2.80. The zero-order chi connectivity index (χ0) is 24.4. The third-order valence-corrected chi connectivity index (χ3v) is 5.90. The first-order chi connectivity index (χ1) is 15.8. The van der Waals surface area contributed by atoms with E-state index < -0.39 is 0 Å². The summed E-state index contributed by atoms with van der Waals surface area (Å²) in [6, 6.07) is 6.13. The van der Waals surface area contributed by atoms with E-state index in [9.17, 15) is 5.11 Å². The number of benzene rings is 1. The molecule has 8 heteroatoms. The van der Waals surface area contributed by atoms with Gasteiger partial charge in [-0.2, -0.15) is 0 Å². The number of hydrogen-bond donors (Lipinski definition) is 3. The van der Waals surface area contributed by atoms with E-state index in [1.54, 1.807) is 7.11 Å². The fourth-order valence-corrected chi connectivity index (χ4v) is 3.84. The van der Waals surface area contributed by atoms with Gasteiger partial charge >= 0.3 is 5.95 Å². The summed E-state index contributed by atoms with van der Waals surface area (Å²) in [4.78, 5) is 6.80. The fourth-order valence-electron chi connectivity index (χ4n) is 3.84. The molecule has 1 aromatic heterocycles. The van der Waals surface area contributed by atoms with Gasteiger partial charge in [-0.05, 0) is 51.9 Å². The molecule has 4 N–H and O–H groups in total. The summed E-state index contributed by atoms with van der Waals surface area (Å²) in [6.07, 6.45) is 4.23. The normalized spacial score (nSPS) is 12.1. The quantitative estimate of drug-likeness (QED) is 0.295. The zero-order valence-electron chi connectivity index (χ0n) is 21.1. The van der Waals surface area contributed by atoms with Gasteiger partial charge in [-0.25, -0.2) is 4.57 Å². The van der Waals surface area contributed by atoms with Crippen molar-refractivity contribution in [2.45, 2.75) is 52.0 Å². The molecule has 0 radical (unpaired) electrons. The molecular formula is C25H42N5O3+. The van der Waals surface area contributed by atoms with Crippen molar-refractivity contribution < 1.29 is 19.1 Å². The molecule has 0 amide bonds. The van der Waals surface area contributed by atoms with Gasteiger partial charge in [0.15, 0.2) is 0 Å². The zero-order valence-corrected chi connectivity index (χ0v) is 21.1. The number of nitrogen functional groups attached to an aromatic ring is 1. The minimum absolute atomic E-state index is 0.131. The van der Waals surface area contributed by atoms with Crippen LogP contribution in [0.3, 0.4) is 0 Å². The number of nitrogens with zero attached hydrogens (tertiary/aromatic N) is 3. The first-order valence-corrected chi connectivity index (χ1v) is 11.8. The van der Waals surface area contributed by atoms with E-state index >= 15 is 0 Å². The summed E-state index contributed by atoms with van der Waals surface area (Å²) in [7, 11) is 7.72. The van der Waals surface area contributed by atoms with Gasteiger partial charge < -0.3 is 24.8 Å². The molecule has 1 aromatic carbocycles. The van der Waals surface area contributed by atoms with E-state index in [0.717, 1.165) is 59.9 Å². The minimum Gasteiger partial charge on any atom is -0.496 e. The maximum atomic E-state index is 9.48. The molecule has 184 valence electrons. The third kappa shape index (κ3) is 7.75. The van der Waals surface area contributed by atoms with Crippen LogP contribution in [0.1, 0.15) is 49.4 Å². The third-order valence-electron chi connectivity index (χ3n) is 5.90. The standard InChI is InChI=1S/C25H41N5O3/c1-7-9-20(12-14-31)27-24-22(18(2)30(5)25(26)28-24)16-19-10-11-21(17-23(19)32-6)33-15-8-13-29(3)4/h10-11,17,20,31H,7-9,12-16H2,1-6H3,(H2,26,27,28)/p+1. The number of hydrogen-bond acceptors (Lipinski definition) is 7. The van der Waals surface area contributed by atoms with Crippen LogP contribution in [0, 0.1) is 6.92 Å². The SMILES string of the molecule is CCCC(CCO)Nc1nc(N)[n+](C)c(C)c1Cc1ccc(OCCCN(C)C)cc1OC. The number of ether oxygens (including phenoxy) is 2. The average Bonchev–Trinajstić information content (AvgIpc) is 2.78. The van der Waals surface area contributed by atoms with Gasteiger partial charge in [0.2, 0.25) is 5.82 Å². The molecule has 2 aromatic rings. The van der Waals surface area contributed by atoms with E-state index in [-0.39, 0.29) is 12.6 Å². The number of methoxy groups -OCH3 is 1. The predicted octanol–water partition coefficient (Wildman–Crippen LogP) is 2.69. The Bertz CT molecular complexity index is 883. The van der Waals surface area contributed by atoms with Crippen LogP contribution in [-0.2, 0) is 13.5 Å². The van der Waals surface area contributed by atoms with Gasteiger partial charge in [0, 0.05) is 31.7 Å². The smallest absolute Gasteiger partial charge is 0.391 e. The molecule has 1 heterocycles. The van der Waals surface area contributed by atoms with Crippen LogP contribution < -0.4 is 25.1 Å². The van der Waals surface area contributed by atoms with Crippen molar-refractivity contribution in [3.63, 3.8) is 0 Å². The average molecular weight is 461 g/mol. The van der Waals surface area contributed by atoms with Crippen molar-refractivity contribution in [3.05, 3.63) is 35.0 Å². The first kappa shape index (κ1) is 26.7. The van der Waals surface area contributed by atoms with Crippen LogP contribution >= 0.6 is 0 Å². The topological polar surface area (TPSA) is 96.8 Å². The van der Waals surface area contributed by atoms with Crippen molar-refractivity contribution >= 4 is 11.8 Å². The Kier molecular flexibility index (Phi) is 10.7. The minimum atomic E-state index is 0.131. The summed E-state index contributed by atoms with van der Waals surface area (Å²) in [5, 5.41) is 13.0. The lowest BCUT2D eigenvalue weighted by atomic mass is 10.0. The summed E-state index contributed by atoms with van der Waals surface area (Å²) < 4.78 is 13.5. The predicted molar refractivity (Wildman–Crippen MR) is 133 cm³/mol. The molecule has 33 heavy (non-hydrogen) atoms. The lowest BCUT2D eigenvalue weighted by Crippen LogP contribution is -2.39. The van der Waals surface area contributed by atoms with Crippen molar-refractivity contribution in [2.24, 2.45) is 7.05 Å². The highest BCUT2D eigenvalue weighted by molar-refractivity contribution is 5.52. The number of aliphatic hydroxyl groups is 1. The van der Waals surface area contributed by atoms with Gasteiger partial charge in [-0.15, -0.1) is 0 Å². The molecule has 0 saturated carbocycles. The second kappa shape index (κ2) is 13.2. The lowest BCUT2D eigenvalue weighted by Gasteiger charge is -2.20. The first-order valence-electron chi connectivity index (χ1n) is 11.8. The van der Waals surface area contributed by atoms with Crippen molar-refractivity contribution in [2.75, 3.05) is 52.0 Å². The summed E-state index contributed by atoms with van der Waals surface area (Å²) >= 11 is 0. The van der Waals surface area contributed by atoms with Gasteiger partial charge in [-0.3, -0.25) is 5.73 Å². The van der Waals surface area contributed by atoms with Gasteiger partial charge in [0.25, 0.3) is 0 Å². The number of nitrogens with one attached hydrogen (secondary N) is 1. The van der Waals surface area contributed by atoms with E-state index in [2.05, 4.69) is 42.3 Å². The van der Waals surface area contributed by atoms with E-state index in [0.29, 0.717) is 25.4 Å². The van der Waals surface area contributed by atoms with Crippen LogP contribution in [0.4, 0.5) is 11.8 Å². The molecule has 0 aliphatic rings. The highest BCUT2D eigenvalue weighted by atomic mass is 16.5. The Morgan fingerprint density at radius 3 is 2.67 bits per heavy atom. The second-order valence-electron chi connectivity index (χ2n) is 8.74. The lowest BCUT2D eigenvalue weighted by molar-refractivity contribution is -0.665. The van der Waals surface area contributed by atoms with Crippen molar-refractivity contribution in [1.29, 1.82) is 0 Å². The number of anilines is 2. The molecule has 1 atom stereocenters. The molecule has 2 rings (SSSR count). The van der Waals surface area contributed by atoms with E-state index in [1.165, 1.54) is 0 Å². The molecule has 0 spiro atoms. The van der Waals surface area contributed by atoms with Gasteiger partial charge in [0.1, 0.15) is 11.5 Å². The molecular weight excluding hydrogens is 418 g/mol. The van der Waals surface area contributed by atoms with Crippen LogP contribution in [0.15, 0.2) is 18.2 Å². The molecule has 8 nitrogen and oxygen atoms in total. The molecule has 0 bridgehead atoms. The number of nitrogens with two attached hydrogens (primary N) is 1. The van der Waals surface area contributed by atoms with Crippen LogP contribution in [0.5, 0.6) is 11.5 Å². The number of aromatic nitrogens is 2. The summed E-state index contributed by atoms with van der Waals surface area (Å²) in [5.41, 5.74) is 9.32. The summed E-state index contributed by atoms with van der Waals surface area (Å²) in [6.45, 7) is 5.97. The molecule has 0 saturated heterocycles. The van der Waals surface area contributed by atoms with Crippen LogP contribution in [-0.4, -0.2) is 62.0 Å². The Balaban J connectivity index is 2.30. The highest BCUT2D eigenvalue weighted by Crippen LogP contribution is 2.30. The monoisotopic (exact) mass is 460 g/mol. The number of aliphatic hydroxyl groups excluding tert-OH is 1. The maximum absolute atomic E-state index is 9.48. The van der Waals surface area contributed by atoms with Gasteiger partial charge in [-0.1, -0.05) is 24.4 Å². The fraction of sp³-hybridized carbons (Fsp3) is 0.600. The van der Waals surface area contributed by atoms with Crippen LogP contribution in [0.2, 0.25) is 0 Å². The molecule has 0 fully saturated rings. The van der Waals surface area contributed by atoms with Crippen molar-refractivity contribution in [1.82, 2.24) is 9.88 Å².